The SMILES string of the molecule is C.CO.C[CH-]CC(=O)OCC.C[CH-]CCO.[CH-]=CC(=O)OCC.[Y].[Y].[Y]. The van der Waals surface area contributed by atoms with Crippen LogP contribution in [0.25, 0.3) is 0 Å². The van der Waals surface area contributed by atoms with Gasteiger partial charge in [-0.3, -0.25) is 11.4 Å². The molecule has 26 heavy (non-hydrogen) atoms. The van der Waals surface area contributed by atoms with E-state index in [9.17, 15) is 9.59 Å². The number of esters is 2. The molecule has 0 aromatic rings. The molecule has 0 aliphatic heterocycles. The van der Waals surface area contributed by atoms with Gasteiger partial charge in [0.25, 0.3) is 5.97 Å². The van der Waals surface area contributed by atoms with Gasteiger partial charge in [0.1, 0.15) is 0 Å². The zero-order valence-corrected chi connectivity index (χ0v) is 24.6. The molecule has 6 nitrogen and oxygen atoms in total. The van der Waals surface area contributed by atoms with Gasteiger partial charge in [0.15, 0.2) is 5.97 Å². The van der Waals surface area contributed by atoms with Crippen molar-refractivity contribution in [2.75, 3.05) is 26.9 Å². The van der Waals surface area contributed by atoms with E-state index in [2.05, 4.69) is 9.47 Å². The van der Waals surface area contributed by atoms with E-state index >= 15 is 0 Å². The molecule has 0 fully saturated rings. The van der Waals surface area contributed by atoms with E-state index in [-0.39, 0.29) is 118 Å². The molecule has 0 atom stereocenters. The van der Waals surface area contributed by atoms with E-state index in [4.69, 9.17) is 16.8 Å². The zero-order valence-electron chi connectivity index (χ0n) is 16.1. The number of carbonyl (C=O) groups is 2. The summed E-state index contributed by atoms with van der Waals surface area (Å²) >= 11 is 0. The molecule has 3 radical (unpaired) electrons. The second kappa shape index (κ2) is 56.3. The third kappa shape index (κ3) is 72.3. The normalized spacial score (nSPS) is 6.58. The monoisotopic (exact) mass is 602 g/mol. The molecule has 151 valence electrons. The van der Waals surface area contributed by atoms with E-state index in [0.29, 0.717) is 19.6 Å². The summed E-state index contributed by atoms with van der Waals surface area (Å²) in [5.41, 5.74) is 0. The number of carbonyl (C=O) groups excluding carboxylic acids is 2. The van der Waals surface area contributed by atoms with Gasteiger partial charge < -0.3 is 37.3 Å². The van der Waals surface area contributed by atoms with Crippen molar-refractivity contribution in [1.82, 2.24) is 0 Å². The first kappa shape index (κ1) is 51.0. The topological polar surface area (TPSA) is 93.1 Å². The molecule has 0 rings (SSSR count). The molecule has 0 bridgehead atoms. The van der Waals surface area contributed by atoms with Crippen molar-refractivity contribution < 1.29 is 127 Å². The zero-order chi connectivity index (χ0) is 18.2. The standard InChI is InChI=1S/C6H11O2.C5H7O2.C4H9O.CH4O.CH4.3Y/c1-3-5-6(7)8-4-2;1-3-5(6)7-4-2;1-2-3-4-5;1-2;;;;/h3H,4-5H2,1-2H3;1,3H,4H2,2H3;2,5H,3-4H2,1H3;2H,1H3;1H4;;;/q3*-1;;;;;. The first-order valence-electron chi connectivity index (χ1n) is 7.02. The molecular formula is C17H35O6Y3-3. The first-order chi connectivity index (χ1) is 10.5. The van der Waals surface area contributed by atoms with Crippen LogP contribution in [0, 0.1) is 19.4 Å². The fourth-order valence-corrected chi connectivity index (χ4v) is 0.706. The van der Waals surface area contributed by atoms with Gasteiger partial charge in [-0.15, -0.1) is 0 Å². The summed E-state index contributed by atoms with van der Waals surface area (Å²) < 4.78 is 8.98. The minimum atomic E-state index is -0.470. The van der Waals surface area contributed by atoms with Crippen molar-refractivity contribution in [1.29, 1.82) is 0 Å². The summed E-state index contributed by atoms with van der Waals surface area (Å²) in [4.78, 5) is 20.4. The summed E-state index contributed by atoms with van der Waals surface area (Å²) in [6.45, 7) is 13.2. The maximum absolute atomic E-state index is 10.4. The maximum Gasteiger partial charge on any atom is 0.275 e. The Balaban J connectivity index is -0.0000000281. The van der Waals surface area contributed by atoms with Gasteiger partial charge in [-0.1, -0.05) is 13.8 Å². The van der Waals surface area contributed by atoms with Crippen molar-refractivity contribution in [2.45, 2.75) is 48.0 Å². The minimum Gasteiger partial charge on any atom is -0.548 e. The summed E-state index contributed by atoms with van der Waals surface area (Å²) in [5, 5.41) is 15.0. The predicted molar refractivity (Wildman–Crippen MR) is 93.3 cm³/mol. The van der Waals surface area contributed by atoms with E-state index < -0.39 is 5.97 Å². The van der Waals surface area contributed by atoms with Crippen molar-refractivity contribution in [3.8, 4) is 0 Å². The number of hydrogen-bond acceptors (Lipinski definition) is 6. The van der Waals surface area contributed by atoms with Crippen molar-refractivity contribution >= 4 is 11.9 Å². The second-order valence-corrected chi connectivity index (χ2v) is 3.26. The maximum atomic E-state index is 10.4. The molecule has 0 aromatic heterocycles. The van der Waals surface area contributed by atoms with Gasteiger partial charge in [-0.05, 0) is 13.8 Å². The van der Waals surface area contributed by atoms with Gasteiger partial charge >= 0.3 is 0 Å². The largest absolute Gasteiger partial charge is 0.548 e. The Bertz CT molecular complexity index is 233. The molecule has 0 spiro atoms. The van der Waals surface area contributed by atoms with Gasteiger partial charge in [0.2, 0.25) is 0 Å². The van der Waals surface area contributed by atoms with Crippen molar-refractivity contribution in [2.24, 2.45) is 0 Å². The summed E-state index contributed by atoms with van der Waals surface area (Å²) in [6.07, 6.45) is 5.84. The smallest absolute Gasteiger partial charge is 0.275 e. The van der Waals surface area contributed by atoms with Gasteiger partial charge in [-0.25, -0.2) is 0 Å². The van der Waals surface area contributed by atoms with Crippen LogP contribution in [-0.4, -0.2) is 49.1 Å². The summed E-state index contributed by atoms with van der Waals surface area (Å²) in [7, 11) is 1.00. The van der Waals surface area contributed by atoms with Gasteiger partial charge in [0, 0.05) is 112 Å². The molecular weight excluding hydrogens is 567 g/mol. The van der Waals surface area contributed by atoms with Crippen LogP contribution in [0.4, 0.5) is 0 Å². The second-order valence-electron chi connectivity index (χ2n) is 3.26. The van der Waals surface area contributed by atoms with Crippen LogP contribution < -0.4 is 0 Å². The predicted octanol–water partition coefficient (Wildman–Crippen LogP) is 2.53. The fourth-order valence-electron chi connectivity index (χ4n) is 0.706. The average molecular weight is 602 g/mol. The van der Waals surface area contributed by atoms with Gasteiger partial charge in [-0.2, -0.15) is 26.3 Å². The molecule has 0 saturated heterocycles. The summed E-state index contributed by atoms with van der Waals surface area (Å²) in [6, 6.07) is 0. The van der Waals surface area contributed by atoms with Crippen molar-refractivity contribution in [3.05, 3.63) is 25.5 Å². The van der Waals surface area contributed by atoms with Gasteiger partial charge in [0.05, 0.1) is 13.2 Å². The van der Waals surface area contributed by atoms with Crippen LogP contribution >= 0.6 is 0 Å². The Morgan fingerprint density at radius 3 is 1.58 bits per heavy atom. The Morgan fingerprint density at radius 2 is 1.42 bits per heavy atom. The molecule has 0 saturated carbocycles. The molecule has 9 heteroatoms. The molecule has 0 amide bonds. The number of aliphatic hydroxyl groups is 2. The number of aliphatic hydroxyl groups excluding tert-OH is 2. The van der Waals surface area contributed by atoms with Crippen LogP contribution in [0.1, 0.15) is 48.0 Å². The van der Waals surface area contributed by atoms with Crippen LogP contribution in [0.2, 0.25) is 0 Å². The molecule has 0 aromatic carbocycles. The third-order valence-electron chi connectivity index (χ3n) is 1.52. The quantitative estimate of drug-likeness (QED) is 0.265. The fraction of sp³-hybridized carbons (Fsp3) is 0.647. The van der Waals surface area contributed by atoms with E-state index in [1.165, 1.54) is 0 Å². The Kier molecular flexibility index (Phi) is 110. The minimum absolute atomic E-state index is 0. The number of ether oxygens (including phenoxy) is 2. The van der Waals surface area contributed by atoms with Crippen LogP contribution in [0.3, 0.4) is 0 Å². The van der Waals surface area contributed by atoms with E-state index in [1.54, 1.807) is 20.3 Å². The van der Waals surface area contributed by atoms with Crippen LogP contribution in [0.15, 0.2) is 6.08 Å². The van der Waals surface area contributed by atoms with Crippen molar-refractivity contribution in [3.63, 3.8) is 0 Å². The summed E-state index contributed by atoms with van der Waals surface area (Å²) in [5.74, 6) is -0.613. The van der Waals surface area contributed by atoms with Crippen LogP contribution in [-0.2, 0) is 117 Å². The molecule has 0 aliphatic rings. The van der Waals surface area contributed by atoms with E-state index in [0.717, 1.165) is 19.6 Å². The Labute approximate surface area is 236 Å². The number of unbranched alkanes of at least 4 members (excludes halogenated alkanes) is 1. The third-order valence-corrected chi connectivity index (χ3v) is 1.52. The molecule has 2 N–H and O–H groups in total. The van der Waals surface area contributed by atoms with E-state index in [1.807, 2.05) is 20.3 Å². The molecule has 0 heterocycles. The number of hydrogen-bond donors (Lipinski definition) is 2. The Morgan fingerprint density at radius 1 is 1.00 bits per heavy atom. The average Bonchev–Trinajstić information content (AvgIpc) is 2.52. The number of rotatable bonds is 7. The molecule has 0 unspecified atom stereocenters. The van der Waals surface area contributed by atoms with Crippen LogP contribution in [0.5, 0.6) is 0 Å². The Hall–Kier alpha value is 1.91. The first-order valence-corrected chi connectivity index (χ1v) is 7.02. The molecule has 0 aliphatic carbocycles.